The molecule has 0 aliphatic heterocycles. The SMILES string of the molecule is CC(C)n1cc2c(-c3cc(N)ccc3Oc3ccc(F)cc3F)cn(C)c(=O)c2n1. The van der Waals surface area contributed by atoms with E-state index in [0.29, 0.717) is 33.5 Å². The second-order valence-electron chi connectivity index (χ2n) is 7.36. The molecule has 0 fully saturated rings. The van der Waals surface area contributed by atoms with E-state index in [0.717, 1.165) is 12.1 Å². The number of nitrogens with zero attached hydrogens (tertiary/aromatic N) is 3. The Morgan fingerprint density at radius 3 is 2.47 bits per heavy atom. The summed E-state index contributed by atoms with van der Waals surface area (Å²) in [6.07, 6.45) is 3.46. The van der Waals surface area contributed by atoms with Gasteiger partial charge in [0.1, 0.15) is 11.6 Å². The van der Waals surface area contributed by atoms with E-state index >= 15 is 0 Å². The Hall–Kier alpha value is -3.68. The Bertz CT molecular complexity index is 1320. The number of aryl methyl sites for hydroxylation is 1. The smallest absolute Gasteiger partial charge is 0.278 e. The van der Waals surface area contributed by atoms with Crippen molar-refractivity contribution in [2.45, 2.75) is 19.9 Å². The molecule has 0 bridgehead atoms. The lowest BCUT2D eigenvalue weighted by molar-refractivity contribution is 0.439. The van der Waals surface area contributed by atoms with E-state index in [1.54, 1.807) is 42.3 Å². The van der Waals surface area contributed by atoms with E-state index in [-0.39, 0.29) is 17.4 Å². The topological polar surface area (TPSA) is 75.1 Å². The summed E-state index contributed by atoms with van der Waals surface area (Å²) in [5.74, 6) is -1.33. The summed E-state index contributed by atoms with van der Waals surface area (Å²) in [5.41, 5.74) is 7.76. The van der Waals surface area contributed by atoms with E-state index in [1.165, 1.54) is 10.6 Å². The van der Waals surface area contributed by atoms with Crippen molar-refractivity contribution >= 4 is 16.6 Å². The average Bonchev–Trinajstić information content (AvgIpc) is 3.14. The maximum absolute atomic E-state index is 14.2. The monoisotopic (exact) mass is 410 g/mol. The van der Waals surface area contributed by atoms with Crippen LogP contribution in [0.5, 0.6) is 11.5 Å². The molecule has 4 aromatic rings. The standard InChI is InChI=1S/C22H20F2N4O2/c1-12(2)28-11-17-16(10-27(3)22(29)21(17)26-28)15-9-14(25)5-7-19(15)30-20-6-4-13(23)8-18(20)24/h4-12H,25H2,1-3H3. The van der Waals surface area contributed by atoms with Gasteiger partial charge in [0.15, 0.2) is 17.1 Å². The normalized spacial score (nSPS) is 11.4. The summed E-state index contributed by atoms with van der Waals surface area (Å²) in [6.45, 7) is 3.92. The maximum Gasteiger partial charge on any atom is 0.278 e. The number of ether oxygens (including phenoxy) is 1. The molecule has 0 amide bonds. The first-order valence-electron chi connectivity index (χ1n) is 9.36. The molecular weight excluding hydrogens is 390 g/mol. The van der Waals surface area contributed by atoms with Gasteiger partial charge in [0, 0.05) is 53.8 Å². The molecule has 0 atom stereocenters. The van der Waals surface area contributed by atoms with Crippen LogP contribution >= 0.6 is 0 Å². The van der Waals surface area contributed by atoms with Crippen molar-refractivity contribution in [2.75, 3.05) is 5.73 Å². The minimum Gasteiger partial charge on any atom is -0.454 e. The molecule has 154 valence electrons. The molecule has 2 aromatic carbocycles. The number of nitrogen functional groups attached to an aromatic ring is 1. The Morgan fingerprint density at radius 2 is 1.77 bits per heavy atom. The molecule has 2 heterocycles. The quantitative estimate of drug-likeness (QED) is 0.498. The van der Waals surface area contributed by atoms with Gasteiger partial charge in [-0.1, -0.05) is 0 Å². The van der Waals surface area contributed by atoms with Crippen molar-refractivity contribution < 1.29 is 13.5 Å². The van der Waals surface area contributed by atoms with Crippen LogP contribution in [0.15, 0.2) is 53.6 Å². The number of hydrogen-bond donors (Lipinski definition) is 1. The average molecular weight is 410 g/mol. The van der Waals surface area contributed by atoms with Crippen molar-refractivity contribution in [3.63, 3.8) is 0 Å². The van der Waals surface area contributed by atoms with Crippen LogP contribution < -0.4 is 16.0 Å². The lowest BCUT2D eigenvalue weighted by Crippen LogP contribution is -2.17. The van der Waals surface area contributed by atoms with Gasteiger partial charge < -0.3 is 15.0 Å². The Kier molecular flexibility index (Phi) is 4.77. The molecule has 6 nitrogen and oxygen atoms in total. The molecule has 0 saturated carbocycles. The summed E-state index contributed by atoms with van der Waals surface area (Å²) in [5, 5.41) is 5.05. The van der Waals surface area contributed by atoms with Crippen LogP contribution in [0.3, 0.4) is 0 Å². The highest BCUT2D eigenvalue weighted by Gasteiger charge is 2.18. The summed E-state index contributed by atoms with van der Waals surface area (Å²) in [7, 11) is 1.63. The number of halogens is 2. The molecule has 2 N–H and O–H groups in total. The van der Waals surface area contributed by atoms with E-state index < -0.39 is 11.6 Å². The van der Waals surface area contributed by atoms with Gasteiger partial charge in [0.05, 0.1) is 0 Å². The lowest BCUT2D eigenvalue weighted by atomic mass is 10.0. The van der Waals surface area contributed by atoms with Crippen LogP contribution in [-0.2, 0) is 7.05 Å². The molecule has 30 heavy (non-hydrogen) atoms. The largest absolute Gasteiger partial charge is 0.454 e. The molecule has 2 aromatic heterocycles. The molecule has 4 rings (SSSR count). The van der Waals surface area contributed by atoms with Gasteiger partial charge in [0.2, 0.25) is 0 Å². The van der Waals surface area contributed by atoms with Gasteiger partial charge >= 0.3 is 0 Å². The number of rotatable bonds is 4. The van der Waals surface area contributed by atoms with Crippen molar-refractivity contribution in [1.82, 2.24) is 14.3 Å². The third-order valence-corrected chi connectivity index (χ3v) is 4.80. The fourth-order valence-corrected chi connectivity index (χ4v) is 3.24. The first kappa shape index (κ1) is 19.6. The van der Waals surface area contributed by atoms with Crippen LogP contribution in [0.1, 0.15) is 19.9 Å². The van der Waals surface area contributed by atoms with E-state index in [1.807, 2.05) is 13.8 Å². The van der Waals surface area contributed by atoms with Crippen molar-refractivity contribution in [1.29, 1.82) is 0 Å². The first-order valence-corrected chi connectivity index (χ1v) is 9.36. The summed E-state index contributed by atoms with van der Waals surface area (Å²) in [6, 6.07) is 8.06. The fourth-order valence-electron chi connectivity index (χ4n) is 3.24. The predicted molar refractivity (Wildman–Crippen MR) is 112 cm³/mol. The number of benzene rings is 2. The minimum absolute atomic E-state index is 0.0554. The number of pyridine rings is 1. The third-order valence-electron chi connectivity index (χ3n) is 4.80. The highest BCUT2D eigenvalue weighted by Crippen LogP contribution is 2.38. The van der Waals surface area contributed by atoms with Crippen LogP contribution in [-0.4, -0.2) is 14.3 Å². The number of nitrogens with two attached hydrogens (primary N) is 1. The third kappa shape index (κ3) is 3.41. The molecule has 0 spiro atoms. The van der Waals surface area contributed by atoms with Crippen molar-refractivity contribution in [3.8, 4) is 22.6 Å². The minimum atomic E-state index is -0.823. The van der Waals surface area contributed by atoms with Crippen LogP contribution in [0.25, 0.3) is 22.0 Å². The second kappa shape index (κ2) is 7.29. The second-order valence-corrected chi connectivity index (χ2v) is 7.36. The Morgan fingerprint density at radius 1 is 1.03 bits per heavy atom. The van der Waals surface area contributed by atoms with Gasteiger partial charge in [-0.05, 0) is 44.2 Å². The lowest BCUT2D eigenvalue weighted by Gasteiger charge is -2.14. The van der Waals surface area contributed by atoms with Gasteiger partial charge in [-0.15, -0.1) is 0 Å². The first-order chi connectivity index (χ1) is 14.2. The molecule has 8 heteroatoms. The zero-order valence-electron chi connectivity index (χ0n) is 16.7. The van der Waals surface area contributed by atoms with Gasteiger partial charge in [0.25, 0.3) is 5.56 Å². The fraction of sp³-hybridized carbons (Fsp3) is 0.182. The summed E-state index contributed by atoms with van der Waals surface area (Å²) >= 11 is 0. The zero-order valence-corrected chi connectivity index (χ0v) is 16.7. The van der Waals surface area contributed by atoms with Gasteiger partial charge in [-0.3, -0.25) is 9.48 Å². The zero-order chi connectivity index (χ0) is 21.6. The van der Waals surface area contributed by atoms with E-state index in [2.05, 4.69) is 5.10 Å². The van der Waals surface area contributed by atoms with Gasteiger partial charge in [-0.2, -0.15) is 5.10 Å². The molecule has 0 aliphatic carbocycles. The molecule has 0 radical (unpaired) electrons. The highest BCUT2D eigenvalue weighted by molar-refractivity contribution is 5.95. The molecule has 0 saturated heterocycles. The Balaban J connectivity index is 1.94. The summed E-state index contributed by atoms with van der Waals surface area (Å²) in [4.78, 5) is 12.6. The molecule has 0 unspecified atom stereocenters. The molecular formula is C22H20F2N4O2. The Labute approximate surface area is 171 Å². The van der Waals surface area contributed by atoms with E-state index in [4.69, 9.17) is 10.5 Å². The van der Waals surface area contributed by atoms with E-state index in [9.17, 15) is 13.6 Å². The van der Waals surface area contributed by atoms with Gasteiger partial charge in [-0.25, -0.2) is 8.78 Å². The number of hydrogen-bond acceptors (Lipinski definition) is 4. The molecule has 0 aliphatic rings. The van der Waals surface area contributed by atoms with Crippen LogP contribution in [0, 0.1) is 11.6 Å². The van der Waals surface area contributed by atoms with Crippen LogP contribution in [0.4, 0.5) is 14.5 Å². The number of fused-ring (bicyclic) bond motifs is 1. The summed E-state index contributed by atoms with van der Waals surface area (Å²) < 4.78 is 36.3. The van der Waals surface area contributed by atoms with Crippen LogP contribution in [0.2, 0.25) is 0 Å². The maximum atomic E-state index is 14.2. The predicted octanol–water partition coefficient (Wildman–Crippen LogP) is 4.64. The highest BCUT2D eigenvalue weighted by atomic mass is 19.1. The number of aromatic nitrogens is 3. The van der Waals surface area contributed by atoms with Crippen molar-refractivity contribution in [2.24, 2.45) is 7.05 Å². The van der Waals surface area contributed by atoms with Crippen molar-refractivity contribution in [3.05, 3.63) is 70.8 Å². The number of anilines is 1.